The Hall–Kier alpha value is -2.60. The van der Waals surface area contributed by atoms with E-state index in [9.17, 15) is 18.8 Å². The fourth-order valence-corrected chi connectivity index (χ4v) is 4.79. The van der Waals surface area contributed by atoms with Gasteiger partial charge in [0.2, 0.25) is 0 Å². The molecular formula is C23H21FINO6S. The molecule has 0 spiro atoms. The first-order chi connectivity index (χ1) is 15.7. The molecule has 1 heterocycles. The van der Waals surface area contributed by atoms with Crippen LogP contribution in [0.15, 0.2) is 41.3 Å². The molecule has 1 aliphatic rings. The summed E-state index contributed by atoms with van der Waals surface area (Å²) >= 11 is 2.84. The lowest BCUT2D eigenvalue weighted by atomic mass is 10.1. The average Bonchev–Trinajstić information content (AvgIpc) is 3.05. The highest BCUT2D eigenvalue weighted by Crippen LogP contribution is 2.38. The summed E-state index contributed by atoms with van der Waals surface area (Å²) in [5.41, 5.74) is 1.29. The summed E-state index contributed by atoms with van der Waals surface area (Å²) in [5, 5.41) is -0.543. The van der Waals surface area contributed by atoms with Crippen LogP contribution in [0.3, 0.4) is 0 Å². The number of halogens is 2. The predicted octanol–water partition coefficient (Wildman–Crippen LogP) is 5.01. The summed E-state index contributed by atoms with van der Waals surface area (Å²) < 4.78 is 30.4. The molecule has 33 heavy (non-hydrogen) atoms. The van der Waals surface area contributed by atoms with Gasteiger partial charge in [-0.3, -0.25) is 14.5 Å². The number of hydrogen-bond acceptors (Lipinski definition) is 7. The third-order valence-corrected chi connectivity index (χ3v) is 6.34. The molecule has 10 heteroatoms. The lowest BCUT2D eigenvalue weighted by Crippen LogP contribution is -2.42. The van der Waals surface area contributed by atoms with Crippen molar-refractivity contribution in [3.8, 4) is 11.5 Å². The standard InChI is InChI=1S/C23H21FINO6S/c1-4-31-18-10-15(9-17(25)20(18)32-12-14-6-5-7-16(24)8-14)11-19-21(27)26(23(29)33-19)13(2)22(28)30-3/h5-11,13H,4,12H2,1-3H3/b19-11+/t13-/m1/s1. The van der Waals surface area contributed by atoms with E-state index in [1.54, 1.807) is 30.3 Å². The zero-order valence-electron chi connectivity index (χ0n) is 18.1. The molecule has 1 saturated heterocycles. The number of amides is 2. The molecule has 0 radical (unpaired) electrons. The molecule has 1 fully saturated rings. The fraction of sp³-hybridized carbons (Fsp3) is 0.261. The van der Waals surface area contributed by atoms with E-state index in [0.717, 1.165) is 16.7 Å². The van der Waals surface area contributed by atoms with Gasteiger partial charge in [0.25, 0.3) is 11.1 Å². The molecule has 1 aliphatic heterocycles. The highest BCUT2D eigenvalue weighted by atomic mass is 127. The summed E-state index contributed by atoms with van der Waals surface area (Å²) in [6.45, 7) is 3.79. The Kier molecular flexibility index (Phi) is 8.35. The normalized spacial score (nSPS) is 15.7. The van der Waals surface area contributed by atoms with Gasteiger partial charge in [0.15, 0.2) is 11.5 Å². The van der Waals surface area contributed by atoms with Gasteiger partial charge >= 0.3 is 5.97 Å². The second-order valence-electron chi connectivity index (χ2n) is 6.93. The van der Waals surface area contributed by atoms with Crippen molar-refractivity contribution in [1.82, 2.24) is 4.90 Å². The number of thioether (sulfide) groups is 1. The Bertz CT molecular complexity index is 1120. The van der Waals surface area contributed by atoms with Crippen molar-refractivity contribution >= 4 is 57.5 Å². The van der Waals surface area contributed by atoms with Crippen molar-refractivity contribution in [2.24, 2.45) is 0 Å². The maximum Gasteiger partial charge on any atom is 0.328 e. The monoisotopic (exact) mass is 585 g/mol. The number of ether oxygens (including phenoxy) is 3. The SMILES string of the molecule is CCOc1cc(/C=C2/SC(=O)N([C@H](C)C(=O)OC)C2=O)cc(I)c1OCc1cccc(F)c1. The molecule has 2 aromatic rings. The summed E-state index contributed by atoms with van der Waals surface area (Å²) in [4.78, 5) is 37.9. The topological polar surface area (TPSA) is 82.1 Å². The molecular weight excluding hydrogens is 564 g/mol. The van der Waals surface area contributed by atoms with Crippen molar-refractivity contribution in [2.45, 2.75) is 26.5 Å². The van der Waals surface area contributed by atoms with Crippen LogP contribution in [0.1, 0.15) is 25.0 Å². The largest absolute Gasteiger partial charge is 0.490 e. The molecule has 0 bridgehead atoms. The van der Waals surface area contributed by atoms with Gasteiger partial charge in [-0.25, -0.2) is 9.18 Å². The van der Waals surface area contributed by atoms with E-state index in [1.807, 2.05) is 6.92 Å². The van der Waals surface area contributed by atoms with Crippen LogP contribution in [0.25, 0.3) is 6.08 Å². The van der Waals surface area contributed by atoms with Crippen LogP contribution in [-0.2, 0) is 20.9 Å². The van der Waals surface area contributed by atoms with Crippen LogP contribution in [0, 0.1) is 9.39 Å². The Morgan fingerprint density at radius 1 is 1.24 bits per heavy atom. The lowest BCUT2D eigenvalue weighted by Gasteiger charge is -2.18. The first-order valence-corrected chi connectivity index (χ1v) is 11.8. The van der Waals surface area contributed by atoms with Gasteiger partial charge in [0, 0.05) is 0 Å². The minimum atomic E-state index is -1.02. The number of esters is 1. The zero-order valence-corrected chi connectivity index (χ0v) is 21.1. The minimum Gasteiger partial charge on any atom is -0.490 e. The number of imide groups is 1. The molecule has 7 nitrogen and oxygen atoms in total. The summed E-state index contributed by atoms with van der Waals surface area (Å²) in [6.07, 6.45) is 1.57. The predicted molar refractivity (Wildman–Crippen MR) is 130 cm³/mol. The Labute approximate surface area is 208 Å². The third kappa shape index (κ3) is 5.85. The van der Waals surface area contributed by atoms with Crippen LogP contribution >= 0.6 is 34.4 Å². The number of carbonyl (C=O) groups excluding carboxylic acids is 3. The number of hydrogen-bond donors (Lipinski definition) is 0. The van der Waals surface area contributed by atoms with Crippen LogP contribution in [0.5, 0.6) is 11.5 Å². The average molecular weight is 585 g/mol. The van der Waals surface area contributed by atoms with Crippen molar-refractivity contribution < 1.29 is 33.0 Å². The quantitative estimate of drug-likeness (QED) is 0.245. The van der Waals surface area contributed by atoms with E-state index < -0.39 is 23.2 Å². The van der Waals surface area contributed by atoms with Crippen LogP contribution in [-0.4, -0.2) is 41.8 Å². The first kappa shape index (κ1) is 25.0. The van der Waals surface area contributed by atoms with Gasteiger partial charge in [0.05, 0.1) is 22.2 Å². The molecule has 2 amide bonds. The van der Waals surface area contributed by atoms with Crippen molar-refractivity contribution in [2.75, 3.05) is 13.7 Å². The van der Waals surface area contributed by atoms with Gasteiger partial charge < -0.3 is 14.2 Å². The smallest absolute Gasteiger partial charge is 0.328 e. The number of rotatable bonds is 8. The van der Waals surface area contributed by atoms with Gasteiger partial charge in [-0.1, -0.05) is 12.1 Å². The van der Waals surface area contributed by atoms with Crippen LogP contribution < -0.4 is 9.47 Å². The van der Waals surface area contributed by atoms with Crippen molar-refractivity contribution in [3.05, 3.63) is 61.8 Å². The Morgan fingerprint density at radius 3 is 2.67 bits per heavy atom. The van der Waals surface area contributed by atoms with Crippen molar-refractivity contribution in [1.29, 1.82) is 0 Å². The number of nitrogens with zero attached hydrogens (tertiary/aromatic N) is 1. The Morgan fingerprint density at radius 2 is 2.00 bits per heavy atom. The van der Waals surface area contributed by atoms with E-state index in [2.05, 4.69) is 27.3 Å². The number of methoxy groups -OCH3 is 1. The zero-order chi connectivity index (χ0) is 24.1. The summed E-state index contributed by atoms with van der Waals surface area (Å²) in [7, 11) is 1.20. The molecule has 0 saturated carbocycles. The maximum atomic E-state index is 13.4. The van der Waals surface area contributed by atoms with E-state index >= 15 is 0 Å². The summed E-state index contributed by atoms with van der Waals surface area (Å²) in [5.74, 6) is -0.643. The van der Waals surface area contributed by atoms with Gasteiger partial charge in [0.1, 0.15) is 18.5 Å². The van der Waals surface area contributed by atoms with Crippen molar-refractivity contribution in [3.63, 3.8) is 0 Å². The second-order valence-corrected chi connectivity index (χ2v) is 9.09. The minimum absolute atomic E-state index is 0.150. The van der Waals surface area contributed by atoms with E-state index in [0.29, 0.717) is 32.8 Å². The van der Waals surface area contributed by atoms with Gasteiger partial charge in [-0.2, -0.15) is 0 Å². The molecule has 3 rings (SSSR count). The molecule has 0 aromatic heterocycles. The molecule has 0 N–H and O–H groups in total. The highest BCUT2D eigenvalue weighted by Gasteiger charge is 2.41. The van der Waals surface area contributed by atoms with E-state index in [-0.39, 0.29) is 17.3 Å². The van der Waals surface area contributed by atoms with Gasteiger partial charge in [-0.15, -0.1) is 0 Å². The Balaban J connectivity index is 1.87. The molecule has 174 valence electrons. The second kappa shape index (κ2) is 11.0. The lowest BCUT2D eigenvalue weighted by molar-refractivity contribution is -0.148. The third-order valence-electron chi connectivity index (χ3n) is 4.65. The maximum absolute atomic E-state index is 13.4. The fourth-order valence-electron chi connectivity index (χ4n) is 3.10. The molecule has 1 atom stereocenters. The molecule has 0 aliphatic carbocycles. The van der Waals surface area contributed by atoms with Gasteiger partial charge in [-0.05, 0) is 89.7 Å². The first-order valence-electron chi connectivity index (χ1n) is 9.93. The molecule has 2 aromatic carbocycles. The van der Waals surface area contributed by atoms with Crippen LogP contribution in [0.2, 0.25) is 0 Å². The summed E-state index contributed by atoms with van der Waals surface area (Å²) in [6, 6.07) is 8.59. The number of benzene rings is 2. The molecule has 0 unspecified atom stereocenters. The highest BCUT2D eigenvalue weighted by molar-refractivity contribution is 14.1. The van der Waals surface area contributed by atoms with E-state index in [4.69, 9.17) is 9.47 Å². The number of carbonyl (C=O) groups is 3. The van der Waals surface area contributed by atoms with Crippen LogP contribution in [0.4, 0.5) is 9.18 Å². The van der Waals surface area contributed by atoms with E-state index in [1.165, 1.54) is 26.2 Å².